The van der Waals surface area contributed by atoms with Crippen LogP contribution in [0.15, 0.2) is 28.3 Å². The van der Waals surface area contributed by atoms with E-state index < -0.39 is 0 Å². The Morgan fingerprint density at radius 1 is 1.53 bits per heavy atom. The fourth-order valence-electron chi connectivity index (χ4n) is 1.82. The van der Waals surface area contributed by atoms with Crippen LogP contribution in [0.2, 0.25) is 0 Å². The summed E-state index contributed by atoms with van der Waals surface area (Å²) in [6.45, 7) is 0.701. The van der Waals surface area contributed by atoms with Crippen LogP contribution in [-0.4, -0.2) is 22.0 Å². The Morgan fingerprint density at radius 3 is 3.00 bits per heavy atom. The molecule has 0 fully saturated rings. The molecule has 0 aliphatic carbocycles. The molecule has 4 nitrogen and oxygen atoms in total. The van der Waals surface area contributed by atoms with Gasteiger partial charge in [-0.25, -0.2) is 4.98 Å². The number of nitrogens with zero attached hydrogens (tertiary/aromatic N) is 2. The van der Waals surface area contributed by atoms with Gasteiger partial charge < -0.3 is 9.88 Å². The Balaban J connectivity index is 1.68. The number of amides is 1. The van der Waals surface area contributed by atoms with Crippen molar-refractivity contribution in [2.24, 2.45) is 7.05 Å². The van der Waals surface area contributed by atoms with E-state index in [0.29, 0.717) is 12.2 Å². The maximum absolute atomic E-state index is 11.9. The number of rotatable bonds is 6. The fourth-order valence-corrected chi connectivity index (χ4v) is 3.01. The molecule has 2 rings (SSSR count). The lowest BCUT2D eigenvalue weighted by Gasteiger charge is -2.05. The van der Waals surface area contributed by atoms with Crippen molar-refractivity contribution in [2.75, 3.05) is 6.54 Å². The summed E-state index contributed by atoms with van der Waals surface area (Å²) in [7, 11) is 1.86. The zero-order valence-corrected chi connectivity index (χ0v) is 13.1. The Morgan fingerprint density at radius 2 is 2.37 bits per heavy atom. The van der Waals surface area contributed by atoms with Crippen LogP contribution >= 0.6 is 27.3 Å². The number of thiazole rings is 1. The molecule has 19 heavy (non-hydrogen) atoms. The largest absolute Gasteiger partial charge is 0.351 e. The molecule has 2 heterocycles. The van der Waals surface area contributed by atoms with Crippen LogP contribution in [0, 0.1) is 0 Å². The van der Waals surface area contributed by atoms with Gasteiger partial charge in [0.25, 0.3) is 5.91 Å². The summed E-state index contributed by atoms with van der Waals surface area (Å²) in [5.74, 6) is -0.0255. The predicted octanol–water partition coefficient (Wildman–Crippen LogP) is 3.00. The molecule has 1 amide bonds. The first-order valence-electron chi connectivity index (χ1n) is 6.15. The molecule has 102 valence electrons. The Labute approximate surface area is 125 Å². The molecule has 2 aromatic rings. The first-order chi connectivity index (χ1) is 9.16. The van der Waals surface area contributed by atoms with Gasteiger partial charge in [0.05, 0.1) is 5.01 Å². The van der Waals surface area contributed by atoms with Gasteiger partial charge in [-0.05, 0) is 41.3 Å². The Hall–Kier alpha value is -1.14. The molecule has 0 aliphatic rings. The van der Waals surface area contributed by atoms with E-state index in [-0.39, 0.29) is 5.91 Å². The summed E-state index contributed by atoms with van der Waals surface area (Å²) in [4.78, 5) is 16.1. The van der Waals surface area contributed by atoms with Crippen LogP contribution in [0.1, 0.15) is 28.3 Å². The predicted molar refractivity (Wildman–Crippen MR) is 80.5 cm³/mol. The zero-order valence-electron chi connectivity index (χ0n) is 10.7. The molecule has 0 saturated carbocycles. The lowest BCUT2D eigenvalue weighted by Crippen LogP contribution is -2.26. The van der Waals surface area contributed by atoms with Crippen molar-refractivity contribution in [2.45, 2.75) is 19.3 Å². The van der Waals surface area contributed by atoms with E-state index in [1.807, 2.05) is 35.5 Å². The molecule has 0 atom stereocenters. The van der Waals surface area contributed by atoms with Crippen molar-refractivity contribution >= 4 is 33.2 Å². The topological polar surface area (TPSA) is 46.9 Å². The Bertz CT molecular complexity index is 536. The number of hydrogen-bond acceptors (Lipinski definition) is 3. The molecule has 0 unspecified atom stereocenters. The van der Waals surface area contributed by atoms with Crippen molar-refractivity contribution < 1.29 is 4.79 Å². The lowest BCUT2D eigenvalue weighted by atomic mass is 10.2. The van der Waals surface area contributed by atoms with Gasteiger partial charge in [0.2, 0.25) is 0 Å². The minimum absolute atomic E-state index is 0.0255. The summed E-state index contributed by atoms with van der Waals surface area (Å²) in [6.07, 6.45) is 6.71. The van der Waals surface area contributed by atoms with E-state index in [1.54, 1.807) is 11.3 Å². The highest BCUT2D eigenvalue weighted by atomic mass is 79.9. The number of aryl methyl sites for hydroxylation is 2. The summed E-state index contributed by atoms with van der Waals surface area (Å²) >= 11 is 5.04. The molecule has 0 bridgehead atoms. The van der Waals surface area contributed by atoms with Crippen LogP contribution in [-0.2, 0) is 13.5 Å². The van der Waals surface area contributed by atoms with Crippen molar-refractivity contribution in [3.8, 4) is 0 Å². The summed E-state index contributed by atoms with van der Waals surface area (Å²) in [5.41, 5.74) is 0.673. The first kappa shape index (κ1) is 14.3. The minimum atomic E-state index is -0.0255. The van der Waals surface area contributed by atoms with Crippen molar-refractivity contribution in [3.05, 3.63) is 39.0 Å². The van der Waals surface area contributed by atoms with Crippen molar-refractivity contribution in [1.29, 1.82) is 0 Å². The summed E-state index contributed by atoms with van der Waals surface area (Å²) < 4.78 is 2.73. The van der Waals surface area contributed by atoms with Gasteiger partial charge in [-0.2, -0.15) is 0 Å². The highest BCUT2D eigenvalue weighted by Gasteiger charge is 2.09. The third-order valence-electron chi connectivity index (χ3n) is 2.79. The molecule has 0 saturated heterocycles. The maximum atomic E-state index is 11.9. The number of hydrogen-bond donors (Lipinski definition) is 1. The van der Waals surface area contributed by atoms with Gasteiger partial charge in [-0.15, -0.1) is 11.3 Å². The highest BCUT2D eigenvalue weighted by Crippen LogP contribution is 2.13. The molecular weight excluding hydrogens is 326 g/mol. The molecule has 0 spiro atoms. The normalized spacial score (nSPS) is 10.6. The summed E-state index contributed by atoms with van der Waals surface area (Å²) in [6, 6.07) is 1.82. The lowest BCUT2D eigenvalue weighted by molar-refractivity contribution is 0.0945. The average molecular weight is 342 g/mol. The SMILES string of the molecule is Cn1cc(Br)cc1C(=O)NCCCCc1nccs1. The second-order valence-corrected chi connectivity index (χ2v) is 6.19. The van der Waals surface area contributed by atoms with E-state index in [0.717, 1.165) is 28.7 Å². The molecular formula is C13H16BrN3OS. The molecule has 0 radical (unpaired) electrons. The van der Waals surface area contributed by atoms with Crippen LogP contribution in [0.4, 0.5) is 0 Å². The van der Waals surface area contributed by atoms with E-state index >= 15 is 0 Å². The fraction of sp³-hybridized carbons (Fsp3) is 0.385. The first-order valence-corrected chi connectivity index (χ1v) is 7.82. The number of carbonyl (C=O) groups is 1. The minimum Gasteiger partial charge on any atom is -0.351 e. The van der Waals surface area contributed by atoms with Crippen LogP contribution in [0.3, 0.4) is 0 Å². The number of halogens is 1. The van der Waals surface area contributed by atoms with Gasteiger partial charge in [-0.1, -0.05) is 0 Å². The third kappa shape index (κ3) is 4.18. The monoisotopic (exact) mass is 341 g/mol. The van der Waals surface area contributed by atoms with E-state index in [1.165, 1.54) is 0 Å². The van der Waals surface area contributed by atoms with Crippen molar-refractivity contribution in [1.82, 2.24) is 14.9 Å². The van der Waals surface area contributed by atoms with Gasteiger partial charge in [-0.3, -0.25) is 4.79 Å². The quantitative estimate of drug-likeness (QED) is 0.821. The number of nitrogens with one attached hydrogen (secondary N) is 1. The smallest absolute Gasteiger partial charge is 0.267 e. The zero-order chi connectivity index (χ0) is 13.7. The number of unbranched alkanes of at least 4 members (excludes halogenated alkanes) is 1. The number of aromatic nitrogens is 2. The van der Waals surface area contributed by atoms with Gasteiger partial charge in [0.1, 0.15) is 5.69 Å². The van der Waals surface area contributed by atoms with E-state index in [9.17, 15) is 4.79 Å². The van der Waals surface area contributed by atoms with Crippen LogP contribution in [0.25, 0.3) is 0 Å². The molecule has 6 heteroatoms. The van der Waals surface area contributed by atoms with E-state index in [4.69, 9.17) is 0 Å². The number of carbonyl (C=O) groups excluding carboxylic acids is 1. The van der Waals surface area contributed by atoms with E-state index in [2.05, 4.69) is 26.2 Å². The molecule has 2 aromatic heterocycles. The second-order valence-electron chi connectivity index (χ2n) is 4.29. The molecule has 1 N–H and O–H groups in total. The maximum Gasteiger partial charge on any atom is 0.267 e. The van der Waals surface area contributed by atoms with Gasteiger partial charge in [0.15, 0.2) is 0 Å². The second kappa shape index (κ2) is 6.86. The van der Waals surface area contributed by atoms with Crippen LogP contribution < -0.4 is 5.32 Å². The van der Waals surface area contributed by atoms with Gasteiger partial charge in [0, 0.05) is 35.8 Å². The highest BCUT2D eigenvalue weighted by molar-refractivity contribution is 9.10. The summed E-state index contributed by atoms with van der Waals surface area (Å²) in [5, 5.41) is 6.09. The third-order valence-corrected chi connectivity index (χ3v) is 4.06. The molecule has 0 aliphatic heterocycles. The van der Waals surface area contributed by atoms with Gasteiger partial charge >= 0.3 is 0 Å². The molecule has 0 aromatic carbocycles. The average Bonchev–Trinajstić information content (AvgIpc) is 2.98. The van der Waals surface area contributed by atoms with Crippen LogP contribution in [0.5, 0.6) is 0 Å². The Kier molecular flexibility index (Phi) is 5.15. The standard InChI is InChI=1S/C13H16BrN3OS/c1-17-9-10(14)8-11(17)13(18)16-5-3-2-4-12-15-6-7-19-12/h6-9H,2-5H2,1H3,(H,16,18). The van der Waals surface area contributed by atoms with Crippen molar-refractivity contribution in [3.63, 3.8) is 0 Å².